The summed E-state index contributed by atoms with van der Waals surface area (Å²) in [7, 11) is 0. The zero-order valence-electron chi connectivity index (χ0n) is 11.7. The van der Waals surface area contributed by atoms with Crippen LogP contribution in [0.2, 0.25) is 0 Å². The van der Waals surface area contributed by atoms with Gasteiger partial charge in [-0.3, -0.25) is 4.79 Å². The van der Waals surface area contributed by atoms with Gasteiger partial charge in [-0.1, -0.05) is 12.2 Å². The van der Waals surface area contributed by atoms with Crippen molar-refractivity contribution in [1.82, 2.24) is 10.2 Å². The molecule has 1 unspecified atom stereocenters. The maximum Gasteiger partial charge on any atom is 0.223 e. The number of aliphatic hydroxyl groups is 1. The summed E-state index contributed by atoms with van der Waals surface area (Å²) in [5.74, 6) is 0.411. The van der Waals surface area contributed by atoms with E-state index in [9.17, 15) is 9.90 Å². The largest absolute Gasteiger partial charge is 0.393 e. The molecular formula is C15H26N2O2. The van der Waals surface area contributed by atoms with Crippen molar-refractivity contribution in [2.45, 2.75) is 44.6 Å². The molecule has 0 aromatic carbocycles. The maximum absolute atomic E-state index is 11.9. The Balaban J connectivity index is 1.54. The van der Waals surface area contributed by atoms with E-state index in [2.05, 4.69) is 22.4 Å². The number of rotatable bonds is 5. The fraction of sp³-hybridized carbons (Fsp3) is 0.800. The van der Waals surface area contributed by atoms with Crippen LogP contribution in [0.25, 0.3) is 0 Å². The third kappa shape index (κ3) is 4.96. The number of hydrogen-bond acceptors (Lipinski definition) is 3. The average molecular weight is 266 g/mol. The average Bonchev–Trinajstić information content (AvgIpc) is 2.46. The summed E-state index contributed by atoms with van der Waals surface area (Å²) >= 11 is 0. The van der Waals surface area contributed by atoms with Crippen molar-refractivity contribution in [2.75, 3.05) is 26.2 Å². The monoisotopic (exact) mass is 266 g/mol. The van der Waals surface area contributed by atoms with Crippen LogP contribution in [-0.2, 0) is 4.79 Å². The number of carbonyl (C=O) groups is 1. The van der Waals surface area contributed by atoms with Crippen LogP contribution in [0.3, 0.4) is 0 Å². The van der Waals surface area contributed by atoms with Crippen LogP contribution in [0.15, 0.2) is 12.2 Å². The first kappa shape index (κ1) is 14.5. The highest BCUT2D eigenvalue weighted by Gasteiger charge is 2.19. The summed E-state index contributed by atoms with van der Waals surface area (Å²) in [6.45, 7) is 3.78. The van der Waals surface area contributed by atoms with E-state index in [-0.39, 0.29) is 17.9 Å². The first-order valence-corrected chi connectivity index (χ1v) is 7.59. The van der Waals surface area contributed by atoms with Crippen LogP contribution in [-0.4, -0.2) is 48.2 Å². The van der Waals surface area contributed by atoms with E-state index in [0.717, 1.165) is 64.7 Å². The highest BCUT2D eigenvalue weighted by molar-refractivity contribution is 5.78. The van der Waals surface area contributed by atoms with Crippen LogP contribution < -0.4 is 5.32 Å². The second kappa shape index (κ2) is 7.65. The van der Waals surface area contributed by atoms with Gasteiger partial charge in [-0.25, -0.2) is 0 Å². The van der Waals surface area contributed by atoms with Crippen molar-refractivity contribution in [3.63, 3.8) is 0 Å². The van der Waals surface area contributed by atoms with E-state index in [1.54, 1.807) is 0 Å². The van der Waals surface area contributed by atoms with Gasteiger partial charge >= 0.3 is 0 Å². The lowest BCUT2D eigenvalue weighted by atomic mass is 9.94. The van der Waals surface area contributed by atoms with Crippen LogP contribution in [0.1, 0.15) is 38.5 Å². The van der Waals surface area contributed by atoms with E-state index in [1.165, 1.54) is 0 Å². The summed E-state index contributed by atoms with van der Waals surface area (Å²) in [5, 5.41) is 12.5. The van der Waals surface area contributed by atoms with Crippen LogP contribution in [0.5, 0.6) is 0 Å². The summed E-state index contributed by atoms with van der Waals surface area (Å²) in [5.41, 5.74) is 0. The Morgan fingerprint density at radius 3 is 2.74 bits per heavy atom. The minimum Gasteiger partial charge on any atom is -0.393 e. The molecule has 0 spiro atoms. The van der Waals surface area contributed by atoms with Crippen LogP contribution in [0.4, 0.5) is 0 Å². The molecule has 0 aromatic heterocycles. The molecule has 2 aliphatic rings. The normalized spacial score (nSPS) is 25.4. The molecule has 4 nitrogen and oxygen atoms in total. The Morgan fingerprint density at radius 1 is 1.26 bits per heavy atom. The molecule has 0 bridgehead atoms. The number of amides is 1. The number of likely N-dealkylation sites (tertiary alicyclic amines) is 1. The van der Waals surface area contributed by atoms with Gasteiger partial charge in [-0.05, 0) is 45.1 Å². The van der Waals surface area contributed by atoms with Crippen molar-refractivity contribution in [3.05, 3.63) is 12.2 Å². The number of hydrogen-bond donors (Lipinski definition) is 2. The van der Waals surface area contributed by atoms with Gasteiger partial charge in [0.2, 0.25) is 5.91 Å². The molecule has 1 fully saturated rings. The molecule has 1 aliphatic carbocycles. The zero-order valence-corrected chi connectivity index (χ0v) is 11.7. The predicted octanol–water partition coefficient (Wildman–Crippen LogP) is 1.31. The molecule has 0 aromatic rings. The number of carbonyl (C=O) groups excluding carboxylic acids is 1. The lowest BCUT2D eigenvalue weighted by Crippen LogP contribution is -2.38. The van der Waals surface area contributed by atoms with Gasteiger partial charge in [-0.2, -0.15) is 0 Å². The van der Waals surface area contributed by atoms with Crippen molar-refractivity contribution < 1.29 is 9.90 Å². The molecule has 1 saturated heterocycles. The van der Waals surface area contributed by atoms with E-state index in [0.29, 0.717) is 0 Å². The van der Waals surface area contributed by atoms with Crippen molar-refractivity contribution in [2.24, 2.45) is 5.92 Å². The minimum atomic E-state index is -0.102. The number of piperidine rings is 1. The first-order valence-electron chi connectivity index (χ1n) is 7.59. The number of aliphatic hydroxyl groups excluding tert-OH is 1. The SMILES string of the molecule is O=C(NCCCN1CCC(O)CC1)C1CC=CCC1. The Hall–Kier alpha value is -0.870. The standard InChI is InChI=1S/C15H26N2O2/c18-14-7-11-17(12-8-14)10-4-9-16-15(19)13-5-2-1-3-6-13/h1-2,13-14,18H,3-12H2,(H,16,19). The molecule has 19 heavy (non-hydrogen) atoms. The second-order valence-corrected chi connectivity index (χ2v) is 5.70. The fourth-order valence-corrected chi connectivity index (χ4v) is 2.83. The first-order chi connectivity index (χ1) is 9.25. The second-order valence-electron chi connectivity index (χ2n) is 5.70. The number of nitrogens with one attached hydrogen (secondary N) is 1. The van der Waals surface area contributed by atoms with Gasteiger partial charge in [0.05, 0.1) is 6.10 Å². The number of allylic oxidation sites excluding steroid dienone is 2. The van der Waals surface area contributed by atoms with E-state index < -0.39 is 0 Å². The highest BCUT2D eigenvalue weighted by atomic mass is 16.3. The Kier molecular flexibility index (Phi) is 5.86. The van der Waals surface area contributed by atoms with E-state index in [4.69, 9.17) is 0 Å². The summed E-state index contributed by atoms with van der Waals surface area (Å²) in [4.78, 5) is 14.3. The summed E-state index contributed by atoms with van der Waals surface area (Å²) < 4.78 is 0. The topological polar surface area (TPSA) is 52.6 Å². The van der Waals surface area contributed by atoms with Crippen molar-refractivity contribution in [1.29, 1.82) is 0 Å². The summed E-state index contributed by atoms with van der Waals surface area (Å²) in [6.07, 6.45) is 9.89. The zero-order chi connectivity index (χ0) is 13.5. The number of nitrogens with zero attached hydrogens (tertiary/aromatic N) is 1. The van der Waals surface area contributed by atoms with Gasteiger partial charge < -0.3 is 15.3 Å². The van der Waals surface area contributed by atoms with Crippen LogP contribution in [0, 0.1) is 5.92 Å². The van der Waals surface area contributed by atoms with Crippen LogP contribution >= 0.6 is 0 Å². The summed E-state index contributed by atoms with van der Waals surface area (Å²) in [6, 6.07) is 0. The molecule has 0 saturated carbocycles. The molecular weight excluding hydrogens is 240 g/mol. The van der Waals surface area contributed by atoms with Crippen molar-refractivity contribution in [3.8, 4) is 0 Å². The third-order valence-electron chi connectivity index (χ3n) is 4.15. The van der Waals surface area contributed by atoms with Gasteiger partial charge in [0.25, 0.3) is 0 Å². The van der Waals surface area contributed by atoms with E-state index >= 15 is 0 Å². The van der Waals surface area contributed by atoms with Gasteiger partial charge in [0, 0.05) is 25.6 Å². The van der Waals surface area contributed by atoms with Gasteiger partial charge in [-0.15, -0.1) is 0 Å². The fourth-order valence-electron chi connectivity index (χ4n) is 2.83. The highest BCUT2D eigenvalue weighted by Crippen LogP contribution is 2.17. The lowest BCUT2D eigenvalue weighted by molar-refractivity contribution is -0.125. The molecule has 1 atom stereocenters. The minimum absolute atomic E-state index is 0.102. The molecule has 1 heterocycles. The Morgan fingerprint density at radius 2 is 2.05 bits per heavy atom. The molecule has 4 heteroatoms. The molecule has 0 radical (unpaired) electrons. The molecule has 1 aliphatic heterocycles. The van der Waals surface area contributed by atoms with Gasteiger partial charge in [0.1, 0.15) is 0 Å². The molecule has 1 amide bonds. The Labute approximate surface area is 115 Å². The quantitative estimate of drug-likeness (QED) is 0.582. The predicted molar refractivity (Wildman–Crippen MR) is 75.8 cm³/mol. The van der Waals surface area contributed by atoms with E-state index in [1.807, 2.05) is 0 Å². The lowest BCUT2D eigenvalue weighted by Gasteiger charge is -2.29. The van der Waals surface area contributed by atoms with Gasteiger partial charge in [0.15, 0.2) is 0 Å². The Bertz CT molecular complexity index is 309. The molecule has 2 rings (SSSR count). The maximum atomic E-state index is 11.9. The molecule has 108 valence electrons. The molecule has 2 N–H and O–H groups in total. The third-order valence-corrected chi connectivity index (χ3v) is 4.15. The smallest absolute Gasteiger partial charge is 0.223 e. The van der Waals surface area contributed by atoms with Crippen molar-refractivity contribution >= 4 is 5.91 Å².